The summed E-state index contributed by atoms with van der Waals surface area (Å²) in [5, 5.41) is 2.67. The van der Waals surface area contributed by atoms with Gasteiger partial charge >= 0.3 is 6.18 Å². The quantitative estimate of drug-likeness (QED) is 0.390. The number of para-hydroxylation sites is 1. The largest absolute Gasteiger partial charge is 0.418 e. The third kappa shape index (κ3) is 5.11. The Morgan fingerprint density at radius 3 is 2.58 bits per heavy atom. The van der Waals surface area contributed by atoms with Crippen molar-refractivity contribution in [2.75, 3.05) is 16.8 Å². The average Bonchev–Trinajstić information content (AvgIpc) is 3.20. The number of amides is 1. The second kappa shape index (κ2) is 9.26. The lowest BCUT2D eigenvalue weighted by Gasteiger charge is -2.16. The van der Waals surface area contributed by atoms with Crippen molar-refractivity contribution >= 4 is 35.1 Å². The maximum absolute atomic E-state index is 13.3. The zero-order valence-electron chi connectivity index (χ0n) is 17.8. The van der Waals surface area contributed by atoms with Crippen LogP contribution in [0.1, 0.15) is 22.4 Å². The molecule has 5 nitrogen and oxygen atoms in total. The molecule has 2 heterocycles. The highest BCUT2D eigenvalue weighted by Gasteiger charge is 2.33. The van der Waals surface area contributed by atoms with E-state index in [1.54, 1.807) is 0 Å². The molecule has 0 aliphatic carbocycles. The minimum Gasteiger partial charge on any atom is -0.325 e. The fourth-order valence-corrected chi connectivity index (χ4v) is 5.51. The smallest absolute Gasteiger partial charge is 0.325 e. The number of hydrogen-bond acceptors (Lipinski definition) is 5. The monoisotopic (exact) mass is 491 g/mol. The highest BCUT2D eigenvalue weighted by atomic mass is 32.2. The molecule has 1 aliphatic rings. The van der Waals surface area contributed by atoms with Crippen molar-refractivity contribution in [3.8, 4) is 5.69 Å². The Kier molecular flexibility index (Phi) is 6.58. The van der Waals surface area contributed by atoms with Crippen LogP contribution in [-0.2, 0) is 17.4 Å². The van der Waals surface area contributed by atoms with E-state index in [-0.39, 0.29) is 17.0 Å². The summed E-state index contributed by atoms with van der Waals surface area (Å²) in [4.78, 5) is 31.0. The van der Waals surface area contributed by atoms with Gasteiger partial charge in [0, 0.05) is 12.2 Å². The number of aryl methyl sites for hydroxylation is 3. The molecule has 1 aliphatic heterocycles. The van der Waals surface area contributed by atoms with Crippen LogP contribution in [0.5, 0.6) is 0 Å². The number of thioether (sulfide) groups is 2. The third-order valence-electron chi connectivity index (χ3n) is 4.97. The van der Waals surface area contributed by atoms with Gasteiger partial charge < -0.3 is 5.32 Å². The second-order valence-corrected chi connectivity index (χ2v) is 9.68. The van der Waals surface area contributed by atoms with Crippen molar-refractivity contribution in [3.63, 3.8) is 0 Å². The number of nitrogens with one attached hydrogen (secondary N) is 1. The summed E-state index contributed by atoms with van der Waals surface area (Å²) in [5.41, 5.74) is 1.87. The van der Waals surface area contributed by atoms with Crippen LogP contribution in [0, 0.1) is 13.8 Å². The fraction of sp³-hybridized carbons (Fsp3) is 0.261. The van der Waals surface area contributed by atoms with Gasteiger partial charge in [0.05, 0.1) is 33.3 Å². The Hall–Kier alpha value is -2.72. The van der Waals surface area contributed by atoms with E-state index in [1.807, 2.05) is 32.0 Å². The second-order valence-electron chi connectivity index (χ2n) is 7.64. The van der Waals surface area contributed by atoms with Gasteiger partial charge in [-0.15, -0.1) is 11.8 Å². The minimum atomic E-state index is -4.58. The normalized spacial score (nSPS) is 13.1. The van der Waals surface area contributed by atoms with Gasteiger partial charge in [0.25, 0.3) is 5.56 Å². The first kappa shape index (κ1) is 23.4. The maximum atomic E-state index is 13.3. The Morgan fingerprint density at radius 1 is 1.18 bits per heavy atom. The maximum Gasteiger partial charge on any atom is 0.418 e. The van der Waals surface area contributed by atoms with Crippen molar-refractivity contribution < 1.29 is 18.0 Å². The molecule has 33 heavy (non-hydrogen) atoms. The molecule has 2 aromatic carbocycles. The molecule has 10 heteroatoms. The average molecular weight is 492 g/mol. The number of nitrogens with zero attached hydrogens (tertiary/aromatic N) is 2. The number of anilines is 1. The number of carbonyl (C=O) groups excluding carboxylic acids is 1. The molecule has 0 saturated heterocycles. The number of hydrogen-bond donors (Lipinski definition) is 1. The number of halogens is 3. The molecule has 1 aromatic heterocycles. The van der Waals surface area contributed by atoms with E-state index in [0.29, 0.717) is 27.9 Å². The number of fused-ring (bicyclic) bond motifs is 1. The molecule has 1 amide bonds. The molecule has 0 unspecified atom stereocenters. The Balaban J connectivity index is 1.63. The molecule has 3 aromatic rings. The Labute approximate surface area is 196 Å². The van der Waals surface area contributed by atoms with Gasteiger partial charge in [0.15, 0.2) is 5.16 Å². The molecule has 4 rings (SSSR count). The Morgan fingerprint density at radius 2 is 1.88 bits per heavy atom. The summed E-state index contributed by atoms with van der Waals surface area (Å²) in [6.07, 6.45) is -3.93. The topological polar surface area (TPSA) is 64.0 Å². The first-order valence-electron chi connectivity index (χ1n) is 10.1. The van der Waals surface area contributed by atoms with E-state index in [1.165, 1.54) is 34.5 Å². The van der Waals surface area contributed by atoms with Crippen LogP contribution >= 0.6 is 23.5 Å². The highest BCUT2D eigenvalue weighted by Crippen LogP contribution is 2.35. The standard InChI is InChI=1S/C23H20F3N3O2S2/c1-13-9-14(2)11-15(10-13)29-21(31)20-18(7-8-32-20)28-22(29)33-12-19(30)27-17-6-4-3-5-16(17)23(24,25)26/h3-6,9-11H,7-8,12H2,1-2H3,(H,27,30). The summed E-state index contributed by atoms with van der Waals surface area (Å²) in [6.45, 7) is 3.85. The van der Waals surface area contributed by atoms with Crippen LogP contribution in [0.25, 0.3) is 5.69 Å². The first-order chi connectivity index (χ1) is 15.6. The zero-order valence-corrected chi connectivity index (χ0v) is 19.5. The predicted octanol–water partition coefficient (Wildman–Crippen LogP) is 5.25. The predicted molar refractivity (Wildman–Crippen MR) is 125 cm³/mol. The summed E-state index contributed by atoms with van der Waals surface area (Å²) in [7, 11) is 0. The summed E-state index contributed by atoms with van der Waals surface area (Å²) in [6, 6.07) is 10.5. The van der Waals surface area contributed by atoms with Gasteiger partial charge in [0.1, 0.15) is 0 Å². The van der Waals surface area contributed by atoms with E-state index >= 15 is 0 Å². The lowest BCUT2D eigenvalue weighted by Crippen LogP contribution is -2.25. The fourth-order valence-electron chi connectivity index (χ4n) is 3.65. The molecule has 0 atom stereocenters. The molecule has 1 N–H and O–H groups in total. The SMILES string of the molecule is Cc1cc(C)cc(-n2c(SCC(=O)Nc3ccccc3C(F)(F)F)nc3c(c2=O)SCC3)c1. The van der Waals surface area contributed by atoms with Gasteiger partial charge in [-0.1, -0.05) is 30.0 Å². The molecular formula is C23H20F3N3O2S2. The van der Waals surface area contributed by atoms with Gasteiger partial charge in [-0.3, -0.25) is 14.2 Å². The van der Waals surface area contributed by atoms with E-state index in [2.05, 4.69) is 10.3 Å². The summed E-state index contributed by atoms with van der Waals surface area (Å²) < 4.78 is 41.1. The van der Waals surface area contributed by atoms with Crippen LogP contribution in [0.15, 0.2) is 57.3 Å². The zero-order chi connectivity index (χ0) is 23.8. The number of rotatable bonds is 5. The van der Waals surface area contributed by atoms with E-state index in [4.69, 9.17) is 0 Å². The van der Waals surface area contributed by atoms with Crippen LogP contribution in [-0.4, -0.2) is 27.0 Å². The van der Waals surface area contributed by atoms with Crippen LogP contribution in [0.4, 0.5) is 18.9 Å². The van der Waals surface area contributed by atoms with Gasteiger partial charge in [-0.05, 0) is 49.2 Å². The number of alkyl halides is 3. The minimum absolute atomic E-state index is 0.196. The number of carbonyl (C=O) groups is 1. The van der Waals surface area contributed by atoms with Crippen molar-refractivity contribution in [2.24, 2.45) is 0 Å². The van der Waals surface area contributed by atoms with E-state index in [9.17, 15) is 22.8 Å². The Bertz CT molecular complexity index is 1270. The van der Waals surface area contributed by atoms with Crippen LogP contribution in [0.3, 0.4) is 0 Å². The molecule has 0 saturated carbocycles. The molecular weight excluding hydrogens is 471 g/mol. The van der Waals surface area contributed by atoms with Crippen molar-refractivity contribution in [2.45, 2.75) is 36.5 Å². The first-order valence-corrected chi connectivity index (χ1v) is 12.1. The van der Waals surface area contributed by atoms with Crippen LogP contribution < -0.4 is 10.9 Å². The lowest BCUT2D eigenvalue weighted by molar-refractivity contribution is -0.137. The van der Waals surface area contributed by atoms with Crippen molar-refractivity contribution in [3.05, 3.63) is 75.2 Å². The van der Waals surface area contributed by atoms with E-state index in [0.717, 1.165) is 34.7 Å². The van der Waals surface area contributed by atoms with Crippen LogP contribution in [0.2, 0.25) is 0 Å². The number of benzene rings is 2. The molecule has 172 valence electrons. The summed E-state index contributed by atoms with van der Waals surface area (Å²) in [5.74, 6) is -0.0596. The molecule has 0 bridgehead atoms. The molecule has 0 fully saturated rings. The third-order valence-corrected chi connectivity index (χ3v) is 7.02. The van der Waals surface area contributed by atoms with Crippen molar-refractivity contribution in [1.29, 1.82) is 0 Å². The molecule has 0 spiro atoms. The molecule has 0 radical (unpaired) electrons. The summed E-state index contributed by atoms with van der Waals surface area (Å²) >= 11 is 2.48. The lowest BCUT2D eigenvalue weighted by atomic mass is 10.1. The van der Waals surface area contributed by atoms with Gasteiger partial charge in [0.2, 0.25) is 5.91 Å². The highest BCUT2D eigenvalue weighted by molar-refractivity contribution is 8.00. The van der Waals surface area contributed by atoms with E-state index < -0.39 is 17.6 Å². The van der Waals surface area contributed by atoms with Gasteiger partial charge in [-0.2, -0.15) is 13.2 Å². The number of aromatic nitrogens is 2. The van der Waals surface area contributed by atoms with Gasteiger partial charge in [-0.25, -0.2) is 4.98 Å². The van der Waals surface area contributed by atoms with Crippen molar-refractivity contribution in [1.82, 2.24) is 9.55 Å².